The van der Waals surface area contributed by atoms with Crippen LogP contribution in [0.1, 0.15) is 26.2 Å². The maximum Gasteiger partial charge on any atom is 0.326 e. The third-order valence-electron chi connectivity index (χ3n) is 2.65. The Labute approximate surface area is 115 Å². The van der Waals surface area contributed by atoms with Crippen LogP contribution in [0.4, 0.5) is 19.3 Å². The van der Waals surface area contributed by atoms with Crippen molar-refractivity contribution in [3.63, 3.8) is 0 Å². The van der Waals surface area contributed by atoms with Gasteiger partial charge in [-0.3, -0.25) is 0 Å². The number of rotatable bonds is 6. The molecule has 0 heterocycles. The van der Waals surface area contributed by atoms with Crippen molar-refractivity contribution < 1.29 is 23.5 Å². The number of para-hydroxylation sites is 1. The molecule has 0 bridgehead atoms. The first-order valence-corrected chi connectivity index (χ1v) is 6.20. The predicted molar refractivity (Wildman–Crippen MR) is 69.5 cm³/mol. The molecule has 0 saturated carbocycles. The molecule has 3 N–H and O–H groups in total. The summed E-state index contributed by atoms with van der Waals surface area (Å²) in [6.07, 6.45) is 1.64. The number of hydrogen-bond donors (Lipinski definition) is 3. The van der Waals surface area contributed by atoms with Gasteiger partial charge in [0.05, 0.1) is 0 Å². The number of hydrogen-bond acceptors (Lipinski definition) is 2. The fourth-order valence-electron chi connectivity index (χ4n) is 1.59. The van der Waals surface area contributed by atoms with Crippen molar-refractivity contribution in [2.45, 2.75) is 32.2 Å². The molecule has 110 valence electrons. The van der Waals surface area contributed by atoms with Gasteiger partial charge in [-0.25, -0.2) is 18.4 Å². The Balaban J connectivity index is 2.68. The van der Waals surface area contributed by atoms with Gasteiger partial charge in [0.1, 0.15) is 23.4 Å². The van der Waals surface area contributed by atoms with Crippen LogP contribution >= 0.6 is 0 Å². The maximum atomic E-state index is 13.3. The molecule has 2 amide bonds. The molecule has 0 aliphatic rings. The van der Waals surface area contributed by atoms with Gasteiger partial charge in [0.25, 0.3) is 0 Å². The SMILES string of the molecule is CCCC[C@H](NC(=O)Nc1c(F)cccc1F)C(=O)O. The van der Waals surface area contributed by atoms with E-state index in [0.29, 0.717) is 6.42 Å². The van der Waals surface area contributed by atoms with Gasteiger partial charge < -0.3 is 15.7 Å². The van der Waals surface area contributed by atoms with E-state index >= 15 is 0 Å². The number of amides is 2. The summed E-state index contributed by atoms with van der Waals surface area (Å²) >= 11 is 0. The van der Waals surface area contributed by atoms with Crippen LogP contribution in [-0.2, 0) is 4.79 Å². The second kappa shape index (κ2) is 7.42. The average molecular weight is 286 g/mol. The molecule has 0 aliphatic carbocycles. The fourth-order valence-corrected chi connectivity index (χ4v) is 1.59. The van der Waals surface area contributed by atoms with E-state index in [9.17, 15) is 18.4 Å². The number of benzene rings is 1. The summed E-state index contributed by atoms with van der Waals surface area (Å²) in [4.78, 5) is 22.5. The number of unbranched alkanes of at least 4 members (excludes halogenated alkanes) is 1. The normalized spacial score (nSPS) is 11.8. The topological polar surface area (TPSA) is 78.4 Å². The van der Waals surface area contributed by atoms with Gasteiger partial charge >= 0.3 is 12.0 Å². The lowest BCUT2D eigenvalue weighted by Crippen LogP contribution is -2.43. The van der Waals surface area contributed by atoms with E-state index < -0.39 is 35.4 Å². The third-order valence-corrected chi connectivity index (χ3v) is 2.65. The summed E-state index contributed by atoms with van der Waals surface area (Å²) in [5.41, 5.74) is -0.607. The Morgan fingerprint density at radius 2 is 1.90 bits per heavy atom. The molecule has 0 radical (unpaired) electrons. The molecule has 5 nitrogen and oxygen atoms in total. The van der Waals surface area contributed by atoms with Crippen LogP contribution in [0.2, 0.25) is 0 Å². The van der Waals surface area contributed by atoms with Crippen LogP contribution in [-0.4, -0.2) is 23.1 Å². The van der Waals surface area contributed by atoms with Gasteiger partial charge in [-0.2, -0.15) is 0 Å². The van der Waals surface area contributed by atoms with Gasteiger partial charge in [0.2, 0.25) is 0 Å². The highest BCUT2D eigenvalue weighted by molar-refractivity contribution is 5.92. The third kappa shape index (κ3) is 4.49. The lowest BCUT2D eigenvalue weighted by molar-refractivity contribution is -0.139. The molecular weight excluding hydrogens is 270 g/mol. The number of anilines is 1. The molecule has 0 spiro atoms. The molecular formula is C13H16F2N2O3. The summed E-state index contributed by atoms with van der Waals surface area (Å²) in [7, 11) is 0. The van der Waals surface area contributed by atoms with Gasteiger partial charge in [-0.15, -0.1) is 0 Å². The molecule has 1 aromatic carbocycles. The van der Waals surface area contributed by atoms with Crippen molar-refractivity contribution in [3.05, 3.63) is 29.8 Å². The number of nitrogens with one attached hydrogen (secondary N) is 2. The zero-order chi connectivity index (χ0) is 15.1. The number of halogens is 2. The molecule has 1 aromatic rings. The number of carbonyl (C=O) groups excluding carboxylic acids is 1. The summed E-state index contributed by atoms with van der Waals surface area (Å²) in [5.74, 6) is -3.05. The minimum Gasteiger partial charge on any atom is -0.480 e. The van der Waals surface area contributed by atoms with Crippen LogP contribution in [0, 0.1) is 11.6 Å². The largest absolute Gasteiger partial charge is 0.480 e. The van der Waals surface area contributed by atoms with E-state index in [1.165, 1.54) is 0 Å². The summed E-state index contributed by atoms with van der Waals surface area (Å²) < 4.78 is 26.6. The van der Waals surface area contributed by atoms with E-state index in [2.05, 4.69) is 5.32 Å². The minimum absolute atomic E-state index is 0.249. The highest BCUT2D eigenvalue weighted by Gasteiger charge is 2.20. The Kier molecular flexibility index (Phi) is 5.89. The van der Waals surface area contributed by atoms with Crippen molar-refractivity contribution in [1.29, 1.82) is 0 Å². The van der Waals surface area contributed by atoms with Crippen molar-refractivity contribution >= 4 is 17.7 Å². The Hall–Kier alpha value is -2.18. The van der Waals surface area contributed by atoms with Crippen LogP contribution in [0.5, 0.6) is 0 Å². The molecule has 0 aliphatic heterocycles. The van der Waals surface area contributed by atoms with Crippen molar-refractivity contribution in [3.8, 4) is 0 Å². The van der Waals surface area contributed by atoms with Crippen LogP contribution < -0.4 is 10.6 Å². The number of urea groups is 1. The van der Waals surface area contributed by atoms with E-state index in [-0.39, 0.29) is 6.42 Å². The molecule has 0 unspecified atom stereocenters. The van der Waals surface area contributed by atoms with Crippen LogP contribution in [0.15, 0.2) is 18.2 Å². The van der Waals surface area contributed by atoms with Crippen molar-refractivity contribution in [2.24, 2.45) is 0 Å². The number of carboxylic acids is 1. The zero-order valence-electron chi connectivity index (χ0n) is 11.0. The highest BCUT2D eigenvalue weighted by atomic mass is 19.1. The van der Waals surface area contributed by atoms with Crippen LogP contribution in [0.25, 0.3) is 0 Å². The number of carboxylic acid groups (broad SMARTS) is 1. The number of aliphatic carboxylic acids is 1. The first-order valence-electron chi connectivity index (χ1n) is 6.20. The number of carbonyl (C=O) groups is 2. The van der Waals surface area contributed by atoms with Gasteiger partial charge in [0, 0.05) is 0 Å². The van der Waals surface area contributed by atoms with E-state index in [1.54, 1.807) is 0 Å². The fraction of sp³-hybridized carbons (Fsp3) is 0.385. The van der Waals surface area contributed by atoms with E-state index in [4.69, 9.17) is 5.11 Å². The average Bonchev–Trinajstić information content (AvgIpc) is 2.38. The van der Waals surface area contributed by atoms with Crippen LogP contribution in [0.3, 0.4) is 0 Å². The highest BCUT2D eigenvalue weighted by Crippen LogP contribution is 2.17. The molecule has 1 rings (SSSR count). The molecule has 20 heavy (non-hydrogen) atoms. The molecule has 0 aromatic heterocycles. The molecule has 0 saturated heterocycles. The predicted octanol–water partition coefficient (Wildman–Crippen LogP) is 2.73. The summed E-state index contributed by atoms with van der Waals surface area (Å²) in [6, 6.07) is 1.09. The Bertz CT molecular complexity index is 474. The first kappa shape index (κ1) is 15.9. The summed E-state index contributed by atoms with van der Waals surface area (Å²) in [5, 5.41) is 13.1. The molecule has 7 heteroatoms. The smallest absolute Gasteiger partial charge is 0.326 e. The maximum absolute atomic E-state index is 13.3. The first-order chi connectivity index (χ1) is 9.45. The quantitative estimate of drug-likeness (QED) is 0.752. The minimum atomic E-state index is -1.19. The molecule has 0 fully saturated rings. The molecule has 1 atom stereocenters. The Morgan fingerprint density at radius 3 is 2.40 bits per heavy atom. The lowest BCUT2D eigenvalue weighted by Gasteiger charge is -2.15. The van der Waals surface area contributed by atoms with E-state index in [0.717, 1.165) is 24.6 Å². The summed E-state index contributed by atoms with van der Waals surface area (Å²) in [6.45, 7) is 1.88. The van der Waals surface area contributed by atoms with Crippen molar-refractivity contribution in [2.75, 3.05) is 5.32 Å². The lowest BCUT2D eigenvalue weighted by atomic mass is 10.1. The second-order valence-electron chi connectivity index (χ2n) is 4.23. The van der Waals surface area contributed by atoms with Crippen molar-refractivity contribution in [1.82, 2.24) is 5.32 Å². The second-order valence-corrected chi connectivity index (χ2v) is 4.23. The monoisotopic (exact) mass is 286 g/mol. The van der Waals surface area contributed by atoms with Gasteiger partial charge in [-0.05, 0) is 18.6 Å². The Morgan fingerprint density at radius 1 is 1.30 bits per heavy atom. The zero-order valence-corrected chi connectivity index (χ0v) is 11.0. The van der Waals surface area contributed by atoms with E-state index in [1.807, 2.05) is 12.2 Å². The van der Waals surface area contributed by atoms with Gasteiger partial charge in [-0.1, -0.05) is 25.8 Å². The van der Waals surface area contributed by atoms with Gasteiger partial charge in [0.15, 0.2) is 0 Å². The standard InChI is InChI=1S/C13H16F2N2O3/c1-2-3-7-10(12(18)19)16-13(20)17-11-8(14)5-4-6-9(11)15/h4-6,10H,2-3,7H2,1H3,(H,18,19)(H2,16,17,20)/t10-/m0/s1.